The molecule has 0 saturated carbocycles. The highest BCUT2D eigenvalue weighted by atomic mass is 16.4. The quantitative estimate of drug-likeness (QED) is 0.768. The Morgan fingerprint density at radius 1 is 1.12 bits per heavy atom. The number of benzene rings is 1. The molecule has 0 aliphatic rings. The summed E-state index contributed by atoms with van der Waals surface area (Å²) in [5, 5.41) is 10.8. The number of carboxylic acid groups (broad SMARTS) is 1. The van der Waals surface area contributed by atoms with Crippen molar-refractivity contribution in [2.75, 3.05) is 0 Å². The summed E-state index contributed by atoms with van der Waals surface area (Å²) < 4.78 is 1.88. The predicted molar refractivity (Wildman–Crippen MR) is 58.6 cm³/mol. The summed E-state index contributed by atoms with van der Waals surface area (Å²) in [5.74, 6) is -1.04. The van der Waals surface area contributed by atoms with Crippen molar-refractivity contribution in [2.24, 2.45) is 0 Å². The third-order valence-corrected chi connectivity index (χ3v) is 2.53. The summed E-state index contributed by atoms with van der Waals surface area (Å²) in [6.07, 6.45) is 3.71. The molecule has 0 saturated heterocycles. The molecule has 0 unspecified atom stereocenters. The lowest BCUT2D eigenvalue weighted by Crippen LogP contribution is -2.26. The Morgan fingerprint density at radius 2 is 1.75 bits per heavy atom. The average Bonchev–Trinajstić information content (AvgIpc) is 2.80. The highest BCUT2D eigenvalue weighted by Gasteiger charge is 2.12. The Balaban J connectivity index is 2.32. The zero-order valence-corrected chi connectivity index (χ0v) is 8.74. The largest absolute Gasteiger partial charge is 0.550 e. The molecule has 0 bridgehead atoms. The number of carboxylic acids is 1. The number of aliphatic carboxylic acids is 1. The van der Waals surface area contributed by atoms with Gasteiger partial charge in [-0.05, 0) is 17.7 Å². The normalized spacial score (nSPS) is 12.2. The van der Waals surface area contributed by atoms with E-state index in [-0.39, 0.29) is 12.5 Å². The Bertz CT molecular complexity index is 448. The van der Waals surface area contributed by atoms with Gasteiger partial charge in [-0.3, -0.25) is 0 Å². The van der Waals surface area contributed by atoms with Gasteiger partial charge < -0.3 is 14.5 Å². The van der Waals surface area contributed by atoms with Crippen LogP contribution in [0.4, 0.5) is 0 Å². The first kappa shape index (κ1) is 10.5. The first-order chi connectivity index (χ1) is 7.77. The number of carbonyl (C=O) groups is 1. The van der Waals surface area contributed by atoms with E-state index in [2.05, 4.69) is 0 Å². The number of carbonyl (C=O) groups excluding carboxylic acids is 1. The van der Waals surface area contributed by atoms with Crippen LogP contribution in [0.25, 0.3) is 0 Å². The lowest BCUT2D eigenvalue weighted by molar-refractivity contribution is -0.306. The van der Waals surface area contributed by atoms with Crippen molar-refractivity contribution in [3.63, 3.8) is 0 Å². The van der Waals surface area contributed by atoms with Crippen molar-refractivity contribution in [1.29, 1.82) is 0 Å². The Hall–Kier alpha value is -2.03. The lowest BCUT2D eigenvalue weighted by Gasteiger charge is -2.19. The van der Waals surface area contributed by atoms with Crippen molar-refractivity contribution >= 4 is 5.97 Å². The maximum absolute atomic E-state index is 10.8. The van der Waals surface area contributed by atoms with Gasteiger partial charge in [0.1, 0.15) is 0 Å². The Morgan fingerprint density at radius 3 is 2.31 bits per heavy atom. The SMILES string of the molecule is O=C([O-])C[C@H](c1ccccc1)n1cccc1. The lowest BCUT2D eigenvalue weighted by atomic mass is 10.0. The third-order valence-electron chi connectivity index (χ3n) is 2.53. The molecule has 2 aromatic rings. The van der Waals surface area contributed by atoms with E-state index in [4.69, 9.17) is 0 Å². The number of hydrogen-bond donors (Lipinski definition) is 0. The van der Waals surface area contributed by atoms with Gasteiger partial charge in [0.05, 0.1) is 6.04 Å². The van der Waals surface area contributed by atoms with E-state index in [1.54, 1.807) is 0 Å². The minimum atomic E-state index is -1.04. The van der Waals surface area contributed by atoms with Crippen LogP contribution in [0.3, 0.4) is 0 Å². The van der Waals surface area contributed by atoms with Gasteiger partial charge in [0.2, 0.25) is 0 Å². The molecule has 16 heavy (non-hydrogen) atoms. The van der Waals surface area contributed by atoms with Gasteiger partial charge in [0.15, 0.2) is 0 Å². The maximum atomic E-state index is 10.8. The summed E-state index contributed by atoms with van der Waals surface area (Å²) in [7, 11) is 0. The van der Waals surface area contributed by atoms with Gasteiger partial charge in [0.25, 0.3) is 0 Å². The monoisotopic (exact) mass is 214 g/mol. The van der Waals surface area contributed by atoms with Crippen LogP contribution in [-0.4, -0.2) is 10.5 Å². The first-order valence-electron chi connectivity index (χ1n) is 5.14. The summed E-state index contributed by atoms with van der Waals surface area (Å²) in [5.41, 5.74) is 0.975. The molecule has 0 amide bonds. The highest BCUT2D eigenvalue weighted by molar-refractivity contribution is 5.65. The van der Waals surface area contributed by atoms with E-state index >= 15 is 0 Å². The van der Waals surface area contributed by atoms with Crippen molar-refractivity contribution < 1.29 is 9.90 Å². The molecule has 0 fully saturated rings. The molecule has 1 aromatic heterocycles. The Labute approximate surface area is 94.0 Å². The molecule has 82 valence electrons. The van der Waals surface area contributed by atoms with Crippen molar-refractivity contribution in [3.05, 3.63) is 60.4 Å². The van der Waals surface area contributed by atoms with Crippen LogP contribution in [0.1, 0.15) is 18.0 Å². The van der Waals surface area contributed by atoms with Gasteiger partial charge >= 0.3 is 0 Å². The second-order valence-corrected chi connectivity index (χ2v) is 3.63. The molecule has 0 aliphatic heterocycles. The minimum absolute atomic E-state index is 0.0152. The van der Waals surface area contributed by atoms with Crippen LogP contribution < -0.4 is 5.11 Å². The summed E-state index contributed by atoms with van der Waals surface area (Å²) in [4.78, 5) is 10.8. The molecule has 1 atom stereocenters. The van der Waals surface area contributed by atoms with E-state index in [0.29, 0.717) is 0 Å². The fraction of sp³-hybridized carbons (Fsp3) is 0.154. The number of nitrogens with zero attached hydrogens (tertiary/aromatic N) is 1. The molecule has 0 radical (unpaired) electrons. The third kappa shape index (κ3) is 2.31. The summed E-state index contributed by atoms with van der Waals surface area (Å²) >= 11 is 0. The van der Waals surface area contributed by atoms with Crippen LogP contribution in [0.2, 0.25) is 0 Å². The Kier molecular flexibility index (Phi) is 3.05. The van der Waals surface area contributed by atoms with E-state index in [1.807, 2.05) is 59.4 Å². The van der Waals surface area contributed by atoms with Crippen LogP contribution in [-0.2, 0) is 4.79 Å². The van der Waals surface area contributed by atoms with Gasteiger partial charge in [-0.1, -0.05) is 30.3 Å². The summed E-state index contributed by atoms with van der Waals surface area (Å²) in [6, 6.07) is 13.1. The smallest absolute Gasteiger partial charge is 0.0632 e. The maximum Gasteiger partial charge on any atom is 0.0632 e. The molecular formula is C13H12NO2-. The van der Waals surface area contributed by atoms with Crippen molar-refractivity contribution in [3.8, 4) is 0 Å². The standard InChI is InChI=1S/C13H13NO2/c15-13(16)10-12(14-8-4-5-9-14)11-6-2-1-3-7-11/h1-9,12H,10H2,(H,15,16)/p-1/t12-/m1/s1. The number of rotatable bonds is 4. The molecule has 1 aromatic carbocycles. The molecule has 3 heteroatoms. The molecule has 2 rings (SSSR count). The zero-order valence-electron chi connectivity index (χ0n) is 8.74. The van der Waals surface area contributed by atoms with Gasteiger partial charge in [-0.25, -0.2) is 0 Å². The molecule has 0 N–H and O–H groups in total. The summed E-state index contributed by atoms with van der Waals surface area (Å²) in [6.45, 7) is 0. The molecule has 0 spiro atoms. The molecule has 0 aliphatic carbocycles. The number of aromatic nitrogens is 1. The van der Waals surface area contributed by atoms with E-state index in [0.717, 1.165) is 5.56 Å². The fourth-order valence-corrected chi connectivity index (χ4v) is 1.78. The first-order valence-corrected chi connectivity index (χ1v) is 5.14. The molecule has 1 heterocycles. The predicted octanol–water partition coefficient (Wildman–Crippen LogP) is 1.22. The van der Waals surface area contributed by atoms with Gasteiger partial charge in [0, 0.05) is 24.8 Å². The van der Waals surface area contributed by atoms with Gasteiger partial charge in [-0.2, -0.15) is 0 Å². The second-order valence-electron chi connectivity index (χ2n) is 3.63. The van der Waals surface area contributed by atoms with Crippen molar-refractivity contribution in [2.45, 2.75) is 12.5 Å². The topological polar surface area (TPSA) is 45.1 Å². The molecular weight excluding hydrogens is 202 g/mol. The average molecular weight is 214 g/mol. The van der Waals surface area contributed by atoms with E-state index in [1.165, 1.54) is 0 Å². The minimum Gasteiger partial charge on any atom is -0.550 e. The molecule has 3 nitrogen and oxygen atoms in total. The fourth-order valence-electron chi connectivity index (χ4n) is 1.78. The zero-order chi connectivity index (χ0) is 11.4. The van der Waals surface area contributed by atoms with E-state index in [9.17, 15) is 9.90 Å². The van der Waals surface area contributed by atoms with E-state index < -0.39 is 5.97 Å². The van der Waals surface area contributed by atoms with Crippen LogP contribution in [0, 0.1) is 0 Å². The van der Waals surface area contributed by atoms with Crippen LogP contribution in [0.5, 0.6) is 0 Å². The van der Waals surface area contributed by atoms with Crippen LogP contribution in [0.15, 0.2) is 54.9 Å². The highest BCUT2D eigenvalue weighted by Crippen LogP contribution is 2.21. The van der Waals surface area contributed by atoms with Gasteiger partial charge in [-0.15, -0.1) is 0 Å². The second kappa shape index (κ2) is 4.66. The van der Waals surface area contributed by atoms with Crippen LogP contribution >= 0.6 is 0 Å². The number of hydrogen-bond acceptors (Lipinski definition) is 2. The van der Waals surface area contributed by atoms with Crippen molar-refractivity contribution in [1.82, 2.24) is 4.57 Å².